The Morgan fingerprint density at radius 2 is 1.75 bits per heavy atom. The maximum absolute atomic E-state index is 12.1. The minimum Gasteiger partial charge on any atom is -0.389 e. The summed E-state index contributed by atoms with van der Waals surface area (Å²) in [6.07, 6.45) is 0. The SMILES string of the molecule is NC(=S)c1ccc(C(=O)Nc2ccc(Br)c(Cl)c2)cc1. The molecule has 0 atom stereocenters. The summed E-state index contributed by atoms with van der Waals surface area (Å²) in [5, 5.41) is 3.30. The van der Waals surface area contributed by atoms with E-state index in [0.717, 1.165) is 10.0 Å². The predicted molar refractivity (Wildman–Crippen MR) is 89.4 cm³/mol. The molecular weight excluding hydrogens is 360 g/mol. The maximum Gasteiger partial charge on any atom is 0.255 e. The summed E-state index contributed by atoms with van der Waals surface area (Å²) >= 11 is 14.1. The van der Waals surface area contributed by atoms with Crippen LogP contribution in [-0.2, 0) is 0 Å². The number of nitrogens with one attached hydrogen (secondary N) is 1. The first-order chi connectivity index (χ1) is 9.47. The number of thiocarbonyl (C=S) groups is 1. The molecule has 3 N–H and O–H groups in total. The minimum atomic E-state index is -0.224. The highest BCUT2D eigenvalue weighted by Crippen LogP contribution is 2.25. The molecular formula is C14H10BrClN2OS. The highest BCUT2D eigenvalue weighted by molar-refractivity contribution is 9.10. The van der Waals surface area contributed by atoms with Crippen LogP contribution < -0.4 is 11.1 Å². The van der Waals surface area contributed by atoms with Crippen molar-refractivity contribution in [1.82, 2.24) is 0 Å². The maximum atomic E-state index is 12.1. The molecule has 0 fully saturated rings. The van der Waals surface area contributed by atoms with Gasteiger partial charge in [0.1, 0.15) is 4.99 Å². The summed E-state index contributed by atoms with van der Waals surface area (Å²) in [6.45, 7) is 0. The van der Waals surface area contributed by atoms with Gasteiger partial charge in [0.25, 0.3) is 5.91 Å². The van der Waals surface area contributed by atoms with Crippen LogP contribution in [0, 0.1) is 0 Å². The zero-order valence-electron chi connectivity index (χ0n) is 10.2. The third-order valence-corrected chi connectivity index (χ3v) is 4.08. The quantitative estimate of drug-likeness (QED) is 0.804. The minimum absolute atomic E-state index is 0.224. The number of benzene rings is 2. The Hall–Kier alpha value is -1.43. The number of rotatable bonds is 3. The molecule has 0 aliphatic rings. The third-order valence-electron chi connectivity index (χ3n) is 2.61. The van der Waals surface area contributed by atoms with E-state index in [4.69, 9.17) is 29.6 Å². The Morgan fingerprint density at radius 3 is 2.30 bits per heavy atom. The summed E-state index contributed by atoms with van der Waals surface area (Å²) in [6, 6.07) is 12.0. The number of hydrogen-bond acceptors (Lipinski definition) is 2. The standard InChI is InChI=1S/C14H10BrClN2OS/c15-11-6-5-10(7-12(11)16)18-14(19)9-3-1-8(2-4-9)13(17)20/h1-7H,(H2,17,20)(H,18,19). The lowest BCUT2D eigenvalue weighted by molar-refractivity contribution is 0.102. The Bertz CT molecular complexity index is 673. The van der Waals surface area contributed by atoms with Crippen molar-refractivity contribution in [2.45, 2.75) is 0 Å². The van der Waals surface area contributed by atoms with Gasteiger partial charge in [-0.15, -0.1) is 0 Å². The van der Waals surface area contributed by atoms with Crippen molar-refractivity contribution in [3.63, 3.8) is 0 Å². The van der Waals surface area contributed by atoms with E-state index in [1.54, 1.807) is 42.5 Å². The fraction of sp³-hybridized carbons (Fsp3) is 0. The lowest BCUT2D eigenvalue weighted by atomic mass is 10.1. The average Bonchev–Trinajstić information content (AvgIpc) is 2.43. The summed E-state index contributed by atoms with van der Waals surface area (Å²) < 4.78 is 0.776. The first-order valence-electron chi connectivity index (χ1n) is 5.63. The number of nitrogens with two attached hydrogens (primary N) is 1. The number of carbonyl (C=O) groups excluding carboxylic acids is 1. The van der Waals surface area contributed by atoms with Crippen molar-refractivity contribution in [3.8, 4) is 0 Å². The topological polar surface area (TPSA) is 55.1 Å². The molecule has 102 valence electrons. The molecule has 0 unspecified atom stereocenters. The van der Waals surface area contributed by atoms with E-state index < -0.39 is 0 Å². The van der Waals surface area contributed by atoms with E-state index in [1.165, 1.54) is 0 Å². The lowest BCUT2D eigenvalue weighted by Gasteiger charge is -2.07. The monoisotopic (exact) mass is 368 g/mol. The summed E-state index contributed by atoms with van der Waals surface area (Å²) in [5.74, 6) is -0.224. The smallest absolute Gasteiger partial charge is 0.255 e. The van der Waals surface area contributed by atoms with Crippen LogP contribution in [0.4, 0.5) is 5.69 Å². The number of amides is 1. The van der Waals surface area contributed by atoms with Crippen LogP contribution in [0.15, 0.2) is 46.9 Å². The Kier molecular flexibility index (Phi) is 4.75. The second kappa shape index (κ2) is 6.35. The van der Waals surface area contributed by atoms with Crippen LogP contribution in [0.1, 0.15) is 15.9 Å². The van der Waals surface area contributed by atoms with Gasteiger partial charge in [0.15, 0.2) is 0 Å². The van der Waals surface area contributed by atoms with Gasteiger partial charge >= 0.3 is 0 Å². The molecule has 20 heavy (non-hydrogen) atoms. The van der Waals surface area contributed by atoms with Gasteiger partial charge in [-0.2, -0.15) is 0 Å². The molecule has 0 heterocycles. The molecule has 2 rings (SSSR count). The summed E-state index contributed by atoms with van der Waals surface area (Å²) in [7, 11) is 0. The number of halogens is 2. The Morgan fingerprint density at radius 1 is 1.15 bits per heavy atom. The zero-order chi connectivity index (χ0) is 14.7. The molecule has 0 saturated carbocycles. The Balaban J connectivity index is 2.15. The fourth-order valence-electron chi connectivity index (χ4n) is 1.56. The van der Waals surface area contributed by atoms with Crippen LogP contribution in [-0.4, -0.2) is 10.9 Å². The van der Waals surface area contributed by atoms with Gasteiger partial charge in [-0.1, -0.05) is 36.0 Å². The number of hydrogen-bond donors (Lipinski definition) is 2. The normalized spacial score (nSPS) is 10.1. The summed E-state index contributed by atoms with van der Waals surface area (Å²) in [5.41, 5.74) is 7.38. The van der Waals surface area contributed by atoms with Crippen molar-refractivity contribution in [2.75, 3.05) is 5.32 Å². The second-order valence-electron chi connectivity index (χ2n) is 4.02. The van der Waals surface area contributed by atoms with Crippen LogP contribution in [0.3, 0.4) is 0 Å². The van der Waals surface area contributed by atoms with E-state index in [-0.39, 0.29) is 5.91 Å². The van der Waals surface area contributed by atoms with Gasteiger partial charge in [-0.05, 0) is 46.3 Å². The molecule has 1 amide bonds. The molecule has 2 aromatic carbocycles. The van der Waals surface area contributed by atoms with Crippen LogP contribution in [0.5, 0.6) is 0 Å². The number of anilines is 1. The molecule has 6 heteroatoms. The predicted octanol–water partition coefficient (Wildman–Crippen LogP) is 3.99. The van der Waals surface area contributed by atoms with Crippen molar-refractivity contribution in [3.05, 3.63) is 63.1 Å². The largest absolute Gasteiger partial charge is 0.389 e. The second-order valence-corrected chi connectivity index (χ2v) is 5.73. The zero-order valence-corrected chi connectivity index (χ0v) is 13.3. The van der Waals surface area contributed by atoms with Crippen molar-refractivity contribution in [2.24, 2.45) is 5.73 Å². The van der Waals surface area contributed by atoms with Crippen molar-refractivity contribution < 1.29 is 4.79 Å². The van der Waals surface area contributed by atoms with Crippen molar-refractivity contribution in [1.29, 1.82) is 0 Å². The molecule has 3 nitrogen and oxygen atoms in total. The van der Waals surface area contributed by atoms with Crippen molar-refractivity contribution >= 4 is 56.3 Å². The van der Waals surface area contributed by atoms with Gasteiger partial charge in [-0.3, -0.25) is 4.79 Å². The fourth-order valence-corrected chi connectivity index (χ4v) is 2.13. The van der Waals surface area contributed by atoms with Gasteiger partial charge in [-0.25, -0.2) is 0 Å². The lowest BCUT2D eigenvalue weighted by Crippen LogP contribution is -2.13. The van der Waals surface area contributed by atoms with Gasteiger partial charge < -0.3 is 11.1 Å². The van der Waals surface area contributed by atoms with Crippen LogP contribution in [0.2, 0.25) is 5.02 Å². The van der Waals surface area contributed by atoms with E-state index in [2.05, 4.69) is 21.2 Å². The van der Waals surface area contributed by atoms with Crippen LogP contribution >= 0.6 is 39.7 Å². The Labute approximate surface area is 135 Å². The molecule has 0 aromatic heterocycles. The molecule has 0 spiro atoms. The van der Waals surface area contributed by atoms with Gasteiger partial charge in [0, 0.05) is 21.3 Å². The molecule has 2 aromatic rings. The van der Waals surface area contributed by atoms with E-state index in [1.807, 2.05) is 0 Å². The molecule has 0 aliphatic heterocycles. The van der Waals surface area contributed by atoms with Crippen LogP contribution in [0.25, 0.3) is 0 Å². The van der Waals surface area contributed by atoms with Gasteiger partial charge in [0.2, 0.25) is 0 Å². The van der Waals surface area contributed by atoms with E-state index in [0.29, 0.717) is 21.3 Å². The highest BCUT2D eigenvalue weighted by Gasteiger charge is 2.07. The molecule has 0 aliphatic carbocycles. The first kappa shape index (κ1) is 15.0. The van der Waals surface area contributed by atoms with E-state index in [9.17, 15) is 4.79 Å². The number of carbonyl (C=O) groups is 1. The molecule has 0 radical (unpaired) electrons. The van der Waals surface area contributed by atoms with Gasteiger partial charge in [0.05, 0.1) is 5.02 Å². The summed E-state index contributed by atoms with van der Waals surface area (Å²) in [4.78, 5) is 12.4. The molecule has 0 saturated heterocycles. The first-order valence-corrected chi connectivity index (χ1v) is 7.21. The molecule has 0 bridgehead atoms. The average molecular weight is 370 g/mol. The third kappa shape index (κ3) is 3.56. The highest BCUT2D eigenvalue weighted by atomic mass is 79.9. The van der Waals surface area contributed by atoms with E-state index >= 15 is 0 Å².